The van der Waals surface area contributed by atoms with Gasteiger partial charge in [-0.25, -0.2) is 9.97 Å². The molecule has 11 aromatic carbocycles. The van der Waals surface area contributed by atoms with E-state index in [9.17, 15) is 0 Å². The lowest BCUT2D eigenvalue weighted by molar-refractivity contribution is 0.633. The van der Waals surface area contributed by atoms with Crippen LogP contribution in [-0.2, 0) is 10.8 Å². The molecule has 0 saturated carbocycles. The van der Waals surface area contributed by atoms with Gasteiger partial charge in [-0.15, -0.1) is 0 Å². The third-order valence-electron chi connectivity index (χ3n) is 15.8. The van der Waals surface area contributed by atoms with Crippen LogP contribution in [0.25, 0.3) is 88.8 Å². The van der Waals surface area contributed by atoms with Crippen LogP contribution in [0.3, 0.4) is 0 Å². The molecule has 12 aromatic rings. The van der Waals surface area contributed by atoms with Crippen molar-refractivity contribution >= 4 is 21.5 Å². The normalized spacial score (nSPS) is 13.9. The zero-order valence-electron chi connectivity index (χ0n) is 38.1. The third-order valence-corrected chi connectivity index (χ3v) is 15.8. The molecule has 2 spiro atoms. The van der Waals surface area contributed by atoms with Gasteiger partial charge >= 0.3 is 0 Å². The Labute approximate surface area is 406 Å². The molecular formula is C68H42N2. The quantitative estimate of drug-likeness (QED) is 0.165. The second-order valence-corrected chi connectivity index (χ2v) is 19.1. The topological polar surface area (TPSA) is 25.8 Å². The smallest absolute Gasteiger partial charge is 0.160 e. The van der Waals surface area contributed by atoms with Crippen LogP contribution in [0.5, 0.6) is 0 Å². The SMILES string of the molecule is c1ccc(-c2cc(-c3ccc4c(ccc5ccccc54)c3)nc(-c3cccc(-c4ccc5c(c4)C4(c6ccccc6-c6ccccc64)c4ccccc4C54c5ccccc5-c5ccccc54)c3)n2)cc1. The summed E-state index contributed by atoms with van der Waals surface area (Å²) in [7, 11) is 0. The van der Waals surface area contributed by atoms with E-state index in [0.29, 0.717) is 5.82 Å². The van der Waals surface area contributed by atoms with E-state index in [0.717, 1.165) is 39.2 Å². The molecule has 2 heteroatoms. The molecular weight excluding hydrogens is 845 g/mol. The summed E-state index contributed by atoms with van der Waals surface area (Å²) in [4.78, 5) is 10.7. The van der Waals surface area contributed by atoms with Crippen LogP contribution in [0.2, 0.25) is 0 Å². The van der Waals surface area contributed by atoms with Crippen molar-refractivity contribution in [3.8, 4) is 67.3 Å². The fraction of sp³-hybridized carbons (Fsp3) is 0.0294. The Balaban J connectivity index is 0.959. The van der Waals surface area contributed by atoms with E-state index < -0.39 is 10.8 Å². The van der Waals surface area contributed by atoms with Gasteiger partial charge in [-0.05, 0) is 124 Å². The fourth-order valence-electron chi connectivity index (χ4n) is 12.9. The highest BCUT2D eigenvalue weighted by Crippen LogP contribution is 2.67. The third kappa shape index (κ3) is 5.28. The molecule has 0 radical (unpaired) electrons. The molecule has 0 aliphatic heterocycles. The summed E-state index contributed by atoms with van der Waals surface area (Å²) in [5, 5.41) is 4.91. The van der Waals surface area contributed by atoms with Crippen LogP contribution in [-0.4, -0.2) is 9.97 Å². The van der Waals surface area contributed by atoms with Gasteiger partial charge in [-0.3, -0.25) is 0 Å². The number of hydrogen-bond acceptors (Lipinski definition) is 2. The Morgan fingerprint density at radius 1 is 0.229 bits per heavy atom. The summed E-state index contributed by atoms with van der Waals surface area (Å²) in [6.07, 6.45) is 0. The van der Waals surface area contributed by atoms with Crippen LogP contribution in [0.15, 0.2) is 255 Å². The Bertz CT molecular complexity index is 4050. The molecule has 0 bridgehead atoms. The zero-order valence-corrected chi connectivity index (χ0v) is 38.1. The summed E-state index contributed by atoms with van der Waals surface area (Å²) >= 11 is 0. The highest BCUT2D eigenvalue weighted by Gasteiger charge is 2.58. The Kier molecular flexibility index (Phi) is 8.24. The van der Waals surface area contributed by atoms with Gasteiger partial charge in [0, 0.05) is 16.7 Å². The standard InChI is InChI=1S/C68H42N2/c1-2-18-44(19-3-1)64-42-65(48-35-37-51-47(40-48)34-33-43-17-4-5-22-50(43)51)70-66(69-64)49-21-16-20-45(39-49)46-36-38-62-63(41-46)68(58-29-12-8-25-54(58)55-26-9-13-30-59(55)68)61-32-15-14-31-60(61)67(62)56-27-10-6-23-52(56)53-24-7-11-28-57(53)67/h1-42H. The molecule has 70 heavy (non-hydrogen) atoms. The molecule has 0 atom stereocenters. The molecule has 0 fully saturated rings. The molecule has 0 unspecified atom stereocenters. The second kappa shape index (κ2) is 14.8. The molecule has 0 saturated heterocycles. The van der Waals surface area contributed by atoms with Crippen molar-refractivity contribution in [2.24, 2.45) is 0 Å². The average molecular weight is 887 g/mol. The largest absolute Gasteiger partial charge is 0.228 e. The monoisotopic (exact) mass is 886 g/mol. The Hall–Kier alpha value is -8.98. The van der Waals surface area contributed by atoms with Crippen molar-refractivity contribution in [3.05, 3.63) is 299 Å². The summed E-state index contributed by atoms with van der Waals surface area (Å²) in [5.41, 5.74) is 21.8. The van der Waals surface area contributed by atoms with Crippen molar-refractivity contribution in [1.29, 1.82) is 0 Å². The van der Waals surface area contributed by atoms with Gasteiger partial charge in [-0.1, -0.05) is 231 Å². The van der Waals surface area contributed by atoms with Crippen molar-refractivity contribution in [2.45, 2.75) is 10.8 Å². The molecule has 1 heterocycles. The number of rotatable bonds is 4. The number of hydrogen-bond donors (Lipinski definition) is 0. The molecule has 15 rings (SSSR count). The minimum absolute atomic E-state index is 0.533. The first kappa shape index (κ1) is 39.1. The second-order valence-electron chi connectivity index (χ2n) is 19.1. The van der Waals surface area contributed by atoms with E-state index in [1.54, 1.807) is 0 Å². The molecule has 2 nitrogen and oxygen atoms in total. The van der Waals surface area contributed by atoms with E-state index in [2.05, 4.69) is 255 Å². The van der Waals surface area contributed by atoms with Crippen LogP contribution in [0, 0.1) is 0 Å². The number of aromatic nitrogens is 2. The van der Waals surface area contributed by atoms with Gasteiger partial charge in [0.1, 0.15) is 0 Å². The summed E-state index contributed by atoms with van der Waals surface area (Å²) < 4.78 is 0. The van der Waals surface area contributed by atoms with E-state index >= 15 is 0 Å². The van der Waals surface area contributed by atoms with Crippen LogP contribution in [0.1, 0.15) is 44.5 Å². The molecule has 324 valence electrons. The minimum atomic E-state index is -0.571. The first-order valence-electron chi connectivity index (χ1n) is 24.3. The van der Waals surface area contributed by atoms with Crippen molar-refractivity contribution in [2.75, 3.05) is 0 Å². The van der Waals surface area contributed by atoms with Crippen LogP contribution in [0.4, 0.5) is 0 Å². The Morgan fingerprint density at radius 3 is 1.31 bits per heavy atom. The molecule has 3 aliphatic rings. The Morgan fingerprint density at radius 2 is 0.671 bits per heavy atom. The predicted molar refractivity (Wildman–Crippen MR) is 287 cm³/mol. The summed E-state index contributed by atoms with van der Waals surface area (Å²) in [5.74, 6) is 0.692. The van der Waals surface area contributed by atoms with E-state index in [1.165, 1.54) is 88.3 Å². The lowest BCUT2D eigenvalue weighted by Crippen LogP contribution is -2.43. The summed E-state index contributed by atoms with van der Waals surface area (Å²) in [6.45, 7) is 0. The lowest BCUT2D eigenvalue weighted by atomic mass is 9.52. The highest BCUT2D eigenvalue weighted by atomic mass is 14.9. The lowest BCUT2D eigenvalue weighted by Gasteiger charge is -2.49. The van der Waals surface area contributed by atoms with Gasteiger partial charge in [0.25, 0.3) is 0 Å². The van der Waals surface area contributed by atoms with Gasteiger partial charge in [0.05, 0.1) is 22.2 Å². The van der Waals surface area contributed by atoms with E-state index in [-0.39, 0.29) is 0 Å². The van der Waals surface area contributed by atoms with Gasteiger partial charge in [0.2, 0.25) is 0 Å². The average Bonchev–Trinajstić information content (AvgIpc) is 3.92. The molecule has 0 N–H and O–H groups in total. The maximum absolute atomic E-state index is 5.39. The number of fused-ring (bicyclic) bond motifs is 19. The molecule has 1 aromatic heterocycles. The first-order valence-corrected chi connectivity index (χ1v) is 24.3. The maximum Gasteiger partial charge on any atom is 0.160 e. The summed E-state index contributed by atoms with van der Waals surface area (Å²) in [6, 6.07) is 94.4. The molecule has 3 aliphatic carbocycles. The van der Waals surface area contributed by atoms with Crippen LogP contribution < -0.4 is 0 Å². The zero-order chi connectivity index (χ0) is 46.0. The number of nitrogens with zero attached hydrogens (tertiary/aromatic N) is 2. The van der Waals surface area contributed by atoms with Crippen molar-refractivity contribution < 1.29 is 0 Å². The minimum Gasteiger partial charge on any atom is -0.228 e. The van der Waals surface area contributed by atoms with E-state index in [4.69, 9.17) is 9.97 Å². The number of benzene rings is 11. The molecule has 0 amide bonds. The van der Waals surface area contributed by atoms with Gasteiger partial charge < -0.3 is 0 Å². The maximum atomic E-state index is 5.39. The van der Waals surface area contributed by atoms with Crippen LogP contribution >= 0.6 is 0 Å². The van der Waals surface area contributed by atoms with Gasteiger partial charge in [0.15, 0.2) is 5.82 Å². The first-order chi connectivity index (χ1) is 34.7. The van der Waals surface area contributed by atoms with Crippen molar-refractivity contribution in [1.82, 2.24) is 9.97 Å². The fourth-order valence-corrected chi connectivity index (χ4v) is 12.9. The van der Waals surface area contributed by atoms with Crippen molar-refractivity contribution in [3.63, 3.8) is 0 Å². The highest BCUT2D eigenvalue weighted by molar-refractivity contribution is 6.08. The van der Waals surface area contributed by atoms with Gasteiger partial charge in [-0.2, -0.15) is 0 Å². The van der Waals surface area contributed by atoms with E-state index in [1.807, 2.05) is 0 Å². The predicted octanol–water partition coefficient (Wildman–Crippen LogP) is 16.5.